The normalized spacial score (nSPS) is 19.7. The van der Waals surface area contributed by atoms with Gasteiger partial charge in [0, 0.05) is 68.0 Å². The Labute approximate surface area is 158 Å². The Morgan fingerprint density at radius 1 is 1.27 bits per heavy atom. The van der Waals surface area contributed by atoms with E-state index in [1.807, 2.05) is 42.5 Å². The molecule has 1 unspecified atom stereocenters. The predicted molar refractivity (Wildman–Crippen MR) is 78.3 cm³/mol. The van der Waals surface area contributed by atoms with Crippen LogP contribution in [0.25, 0.3) is 0 Å². The Bertz CT molecular complexity index is 676. The minimum atomic E-state index is -0.948. The van der Waals surface area contributed by atoms with Crippen LogP contribution in [0.15, 0.2) is 65.9 Å². The van der Waals surface area contributed by atoms with Crippen molar-refractivity contribution in [1.29, 1.82) is 0 Å². The van der Waals surface area contributed by atoms with Gasteiger partial charge in [-0.05, 0) is 11.6 Å². The van der Waals surface area contributed by atoms with Gasteiger partial charge in [-0.2, -0.15) is 0 Å². The van der Waals surface area contributed by atoms with Gasteiger partial charge in [0.1, 0.15) is 6.04 Å². The molecular formula is C17H15ArNO3. The summed E-state index contributed by atoms with van der Waals surface area (Å²) in [7, 11) is 0. The molecule has 0 fully saturated rings. The number of ketones is 1. The zero-order chi connectivity index (χ0) is 14.8. The zero-order valence-corrected chi connectivity index (χ0v) is 12.5. The van der Waals surface area contributed by atoms with Crippen LogP contribution >= 0.6 is 0 Å². The molecule has 1 aliphatic heterocycles. The largest absolute Gasteiger partial charge is 0.479 e. The number of nitrogens with zero attached hydrogens (tertiary/aromatic N) is 1. The Morgan fingerprint density at radius 3 is 2.68 bits per heavy atom. The summed E-state index contributed by atoms with van der Waals surface area (Å²) in [6, 6.07) is 8.88. The molecule has 2 aliphatic rings. The zero-order valence-electron chi connectivity index (χ0n) is 11.8. The summed E-state index contributed by atoms with van der Waals surface area (Å²) in [4.78, 5) is 25.1. The number of hydrogen-bond acceptors (Lipinski definition) is 3. The second-order valence-electron chi connectivity index (χ2n) is 5.14. The van der Waals surface area contributed by atoms with Gasteiger partial charge < -0.3 is 10.0 Å². The van der Waals surface area contributed by atoms with Crippen molar-refractivity contribution >= 4 is 11.8 Å². The maximum atomic E-state index is 11.9. The van der Waals surface area contributed by atoms with Gasteiger partial charge in [-0.15, -0.1) is 0 Å². The number of allylic oxidation sites excluding steroid dienone is 4. The number of aliphatic carboxylic acids is 1. The molecule has 0 radical (unpaired) electrons. The fraction of sp³-hybridized carbons (Fsp3) is 0.176. The van der Waals surface area contributed by atoms with Gasteiger partial charge in [0.05, 0.1) is 0 Å². The Morgan fingerprint density at radius 2 is 2.00 bits per heavy atom. The summed E-state index contributed by atoms with van der Waals surface area (Å²) in [6.45, 7) is 0.493. The molecule has 0 saturated heterocycles. The van der Waals surface area contributed by atoms with Crippen LogP contribution in [0.5, 0.6) is 0 Å². The van der Waals surface area contributed by atoms with Crippen molar-refractivity contribution in [2.24, 2.45) is 0 Å². The molecule has 4 nitrogen and oxygen atoms in total. The average molecular weight is 321 g/mol. The summed E-state index contributed by atoms with van der Waals surface area (Å²) in [5.74, 6) is -0.967. The first-order valence-corrected chi connectivity index (χ1v) is 6.81. The number of carbonyl (C=O) groups is 2. The van der Waals surface area contributed by atoms with Gasteiger partial charge in [-0.25, -0.2) is 4.79 Å². The number of benzene rings is 1. The third kappa shape index (κ3) is 3.51. The van der Waals surface area contributed by atoms with Crippen molar-refractivity contribution in [3.05, 3.63) is 71.5 Å². The van der Waals surface area contributed by atoms with E-state index in [2.05, 4.69) is 0 Å². The minimum Gasteiger partial charge on any atom is -0.479 e. The van der Waals surface area contributed by atoms with Crippen LogP contribution in [-0.4, -0.2) is 27.8 Å². The van der Waals surface area contributed by atoms with Gasteiger partial charge in [-0.1, -0.05) is 42.5 Å². The van der Waals surface area contributed by atoms with E-state index in [0.717, 1.165) is 11.1 Å². The molecule has 1 aromatic rings. The van der Waals surface area contributed by atoms with Crippen LogP contribution < -0.4 is 0 Å². The van der Waals surface area contributed by atoms with E-state index in [1.54, 1.807) is 17.2 Å². The van der Waals surface area contributed by atoms with E-state index in [9.17, 15) is 14.7 Å². The number of rotatable bonds is 3. The summed E-state index contributed by atoms with van der Waals surface area (Å²) in [5.41, 5.74) is 2.34. The molecule has 0 amide bonds. The van der Waals surface area contributed by atoms with E-state index >= 15 is 0 Å². The van der Waals surface area contributed by atoms with Gasteiger partial charge in [0.25, 0.3) is 0 Å². The van der Waals surface area contributed by atoms with E-state index in [4.69, 9.17) is 0 Å². The van der Waals surface area contributed by atoms with Crippen LogP contribution in [0.1, 0.15) is 12.0 Å². The minimum absolute atomic E-state index is 0. The molecule has 3 rings (SSSR count). The Balaban J connectivity index is 0.00000176. The first-order chi connectivity index (χ1) is 10.1. The van der Waals surface area contributed by atoms with Crippen molar-refractivity contribution in [3.8, 4) is 0 Å². The van der Waals surface area contributed by atoms with Crippen LogP contribution in [0.3, 0.4) is 0 Å². The summed E-state index contributed by atoms with van der Waals surface area (Å²) in [5, 5.41) is 9.42. The first-order valence-electron chi connectivity index (χ1n) is 6.81. The van der Waals surface area contributed by atoms with E-state index in [-0.39, 0.29) is 43.5 Å². The van der Waals surface area contributed by atoms with Crippen molar-refractivity contribution in [3.63, 3.8) is 0 Å². The van der Waals surface area contributed by atoms with Crippen molar-refractivity contribution in [2.45, 2.75) is 19.0 Å². The van der Waals surface area contributed by atoms with Gasteiger partial charge in [0.15, 0.2) is 5.78 Å². The van der Waals surface area contributed by atoms with Crippen molar-refractivity contribution in [1.82, 2.24) is 4.90 Å². The molecule has 0 spiro atoms. The summed E-state index contributed by atoms with van der Waals surface area (Å²) in [6.07, 6.45) is 7.37. The number of hydrogen-bond donors (Lipinski definition) is 1. The number of Topliss-reactive ketones (excluding diaryl/α,β-unsaturated/α-hetero) is 1. The fourth-order valence-electron chi connectivity index (χ4n) is 2.62. The molecule has 0 aromatic heterocycles. The molecule has 114 valence electrons. The summed E-state index contributed by atoms with van der Waals surface area (Å²) >= 11 is 0. The number of carbonyl (C=O) groups excluding carboxylic acids is 1. The van der Waals surface area contributed by atoms with Crippen LogP contribution in [0.2, 0.25) is 0 Å². The Hall–Kier alpha value is -1.36. The maximum absolute atomic E-state index is 11.9. The van der Waals surface area contributed by atoms with Gasteiger partial charge >= 0.3 is 5.97 Å². The molecule has 1 aromatic carbocycles. The summed E-state index contributed by atoms with van der Waals surface area (Å²) < 4.78 is 0. The second kappa shape index (κ2) is 7.27. The molecule has 1 heterocycles. The molecule has 1 atom stereocenters. The molecule has 1 aliphatic carbocycles. The Kier molecular flexibility index (Phi) is 5.62. The maximum Gasteiger partial charge on any atom is 0.330 e. The molecular weight excluding hydrogens is 306 g/mol. The van der Waals surface area contributed by atoms with Crippen LogP contribution in [-0.2, 0) is 16.1 Å². The quantitative estimate of drug-likeness (QED) is 0.928. The monoisotopic (exact) mass is 321 g/mol. The molecule has 0 bridgehead atoms. The first kappa shape index (κ1) is 17.0. The number of carboxylic acid groups (broad SMARTS) is 1. The topological polar surface area (TPSA) is 57.6 Å². The van der Waals surface area contributed by atoms with E-state index < -0.39 is 12.0 Å². The van der Waals surface area contributed by atoms with Crippen molar-refractivity contribution in [2.75, 3.05) is 0 Å². The average Bonchev–Trinajstić information content (AvgIpc) is 2.48. The SMILES string of the molecule is O=C1CC=CC2=CN(Cc3ccccc3)C(C(=O)O)C=C12.[Ar]. The molecule has 0 saturated carbocycles. The van der Waals surface area contributed by atoms with E-state index in [1.165, 1.54) is 0 Å². The van der Waals surface area contributed by atoms with Crippen molar-refractivity contribution < 1.29 is 52.4 Å². The van der Waals surface area contributed by atoms with E-state index in [0.29, 0.717) is 18.5 Å². The third-order valence-electron chi connectivity index (χ3n) is 3.66. The molecule has 5 heteroatoms. The fourth-order valence-corrected chi connectivity index (χ4v) is 2.62. The molecule has 22 heavy (non-hydrogen) atoms. The standard InChI is InChI=1S/C17H15NO3.Ar/c19-16-8-4-7-13-11-18(10-12-5-2-1-3-6-12)15(17(20)21)9-14(13)16;/h1-7,9,11,15H,8,10H2,(H,20,21);. The smallest absolute Gasteiger partial charge is 0.330 e. The third-order valence-corrected chi connectivity index (χ3v) is 3.66. The number of fused-ring (bicyclic) bond motifs is 1. The van der Waals surface area contributed by atoms with Gasteiger partial charge in [-0.3, -0.25) is 4.79 Å². The number of carboxylic acids is 1. The van der Waals surface area contributed by atoms with Gasteiger partial charge in [0.2, 0.25) is 0 Å². The second-order valence-corrected chi connectivity index (χ2v) is 5.14. The predicted octanol–water partition coefficient (Wildman–Crippen LogP) is 2.29. The van der Waals surface area contributed by atoms with Crippen LogP contribution in [0.4, 0.5) is 0 Å². The van der Waals surface area contributed by atoms with Crippen LogP contribution in [0, 0.1) is 37.7 Å². The molecule has 1 N–H and O–H groups in total.